The van der Waals surface area contributed by atoms with Crippen LogP contribution in [0.4, 0.5) is 0 Å². The molecule has 0 amide bonds. The molecule has 0 radical (unpaired) electrons. The van der Waals surface area contributed by atoms with Crippen LogP contribution in [0.3, 0.4) is 0 Å². The van der Waals surface area contributed by atoms with Crippen molar-refractivity contribution in [3.8, 4) is 0 Å². The van der Waals surface area contributed by atoms with Crippen molar-refractivity contribution in [2.45, 2.75) is 68.5 Å². The van der Waals surface area contributed by atoms with Crippen molar-refractivity contribution in [3.05, 3.63) is 0 Å². The Morgan fingerprint density at radius 1 is 1.05 bits per heavy atom. The van der Waals surface area contributed by atoms with E-state index in [1.165, 1.54) is 0 Å². The zero-order valence-electron chi connectivity index (χ0n) is 10.8. The molecule has 2 aliphatic rings. The van der Waals surface area contributed by atoms with Crippen LogP contribution in [0.5, 0.6) is 0 Å². The van der Waals surface area contributed by atoms with Crippen molar-refractivity contribution in [2.75, 3.05) is 6.61 Å². The summed E-state index contributed by atoms with van der Waals surface area (Å²) in [7, 11) is 0. The highest BCUT2D eigenvalue weighted by atomic mass is 16.7. The molecule has 0 aromatic carbocycles. The molecule has 0 unspecified atom stereocenters. The second-order valence-corrected chi connectivity index (χ2v) is 5.35. The van der Waals surface area contributed by atoms with Gasteiger partial charge in [-0.15, -0.1) is 0 Å². The Labute approximate surface area is 111 Å². The van der Waals surface area contributed by atoms with E-state index in [-0.39, 0.29) is 18.8 Å². The zero-order chi connectivity index (χ0) is 14.0. The first-order valence-corrected chi connectivity index (χ1v) is 6.74. The maximum atomic E-state index is 9.94. The molecule has 7 heteroatoms. The van der Waals surface area contributed by atoms with Gasteiger partial charge in [0.1, 0.15) is 18.3 Å². The van der Waals surface area contributed by atoms with Crippen molar-refractivity contribution < 1.29 is 29.9 Å². The molecule has 0 aromatic heterocycles. The van der Waals surface area contributed by atoms with E-state index in [1.807, 2.05) is 0 Å². The van der Waals surface area contributed by atoms with Crippen LogP contribution >= 0.6 is 0 Å². The van der Waals surface area contributed by atoms with Gasteiger partial charge in [0.25, 0.3) is 0 Å². The summed E-state index contributed by atoms with van der Waals surface area (Å²) in [6, 6.07) is -0.912. The molecule has 1 heterocycles. The second kappa shape index (κ2) is 6.45. The summed E-state index contributed by atoms with van der Waals surface area (Å²) >= 11 is 0. The topological polar surface area (TPSA) is 125 Å². The van der Waals surface area contributed by atoms with Crippen LogP contribution < -0.4 is 5.73 Å². The number of rotatable bonds is 3. The molecular weight excluding hydrogens is 254 g/mol. The van der Waals surface area contributed by atoms with Crippen LogP contribution in [0.25, 0.3) is 0 Å². The Hall–Kier alpha value is -0.280. The highest BCUT2D eigenvalue weighted by Gasteiger charge is 2.43. The monoisotopic (exact) mass is 277 g/mol. The standard InChI is InChI=1S/C12H23NO6/c13-9-10(16)8(5-14)19-12(11(9)17)18-7-3-1-6(15)2-4-7/h6-12,14-17H,1-5,13H2/t6?,7?,8-,9-,10-,11-,12+/m1/s1. The van der Waals surface area contributed by atoms with E-state index in [1.54, 1.807) is 0 Å². The fraction of sp³-hybridized carbons (Fsp3) is 1.00. The minimum absolute atomic E-state index is 0.107. The zero-order valence-corrected chi connectivity index (χ0v) is 10.8. The maximum Gasteiger partial charge on any atom is 0.185 e. The average molecular weight is 277 g/mol. The highest BCUT2D eigenvalue weighted by Crippen LogP contribution is 2.27. The first-order chi connectivity index (χ1) is 9.02. The molecule has 112 valence electrons. The van der Waals surface area contributed by atoms with Crippen LogP contribution in [0.2, 0.25) is 0 Å². The minimum Gasteiger partial charge on any atom is -0.394 e. The van der Waals surface area contributed by atoms with Crippen LogP contribution in [-0.2, 0) is 9.47 Å². The molecule has 7 nitrogen and oxygen atoms in total. The van der Waals surface area contributed by atoms with Gasteiger partial charge in [-0.05, 0) is 25.7 Å². The molecule has 5 atom stereocenters. The van der Waals surface area contributed by atoms with Crippen LogP contribution in [-0.4, -0.2) is 69.9 Å². The van der Waals surface area contributed by atoms with Crippen LogP contribution in [0.15, 0.2) is 0 Å². The third-order valence-corrected chi connectivity index (χ3v) is 3.91. The molecule has 1 saturated carbocycles. The lowest BCUT2D eigenvalue weighted by molar-refractivity contribution is -0.291. The van der Waals surface area contributed by atoms with Gasteiger partial charge in [-0.1, -0.05) is 0 Å². The number of aliphatic hydroxyl groups is 4. The highest BCUT2D eigenvalue weighted by molar-refractivity contribution is 4.92. The van der Waals surface area contributed by atoms with Crippen LogP contribution in [0.1, 0.15) is 25.7 Å². The molecule has 0 spiro atoms. The summed E-state index contributed by atoms with van der Waals surface area (Å²) in [6.07, 6.45) is -1.75. The van der Waals surface area contributed by atoms with Gasteiger partial charge in [0.2, 0.25) is 0 Å². The van der Waals surface area contributed by atoms with Gasteiger partial charge in [-0.3, -0.25) is 0 Å². The van der Waals surface area contributed by atoms with Crippen LogP contribution in [0, 0.1) is 0 Å². The number of hydrogen-bond acceptors (Lipinski definition) is 7. The lowest BCUT2D eigenvalue weighted by Crippen LogP contribution is -2.63. The Bertz CT molecular complexity index is 281. The first kappa shape index (κ1) is 15.1. The largest absolute Gasteiger partial charge is 0.394 e. The van der Waals surface area contributed by atoms with Crippen molar-refractivity contribution in [1.82, 2.24) is 0 Å². The second-order valence-electron chi connectivity index (χ2n) is 5.35. The summed E-state index contributed by atoms with van der Waals surface area (Å²) in [5.41, 5.74) is 5.69. The van der Waals surface area contributed by atoms with E-state index < -0.39 is 30.6 Å². The number of hydrogen-bond donors (Lipinski definition) is 5. The number of ether oxygens (including phenoxy) is 2. The third-order valence-electron chi connectivity index (χ3n) is 3.91. The summed E-state index contributed by atoms with van der Waals surface area (Å²) in [5, 5.41) is 38.2. The van der Waals surface area contributed by atoms with Gasteiger partial charge in [-0.2, -0.15) is 0 Å². The molecule has 1 aliphatic carbocycles. The quantitative estimate of drug-likeness (QED) is 0.407. The van der Waals surface area contributed by atoms with E-state index in [9.17, 15) is 15.3 Å². The summed E-state index contributed by atoms with van der Waals surface area (Å²) in [4.78, 5) is 0. The van der Waals surface area contributed by atoms with Crippen molar-refractivity contribution in [1.29, 1.82) is 0 Å². The predicted octanol–water partition coefficient (Wildman–Crippen LogP) is -1.93. The fourth-order valence-electron chi connectivity index (χ4n) is 2.60. The SMILES string of the molecule is N[C@H]1[C@@H](O)[C@@H](OC2CCC(O)CC2)O[C@H](CO)[C@H]1O. The Morgan fingerprint density at radius 2 is 1.68 bits per heavy atom. The number of nitrogens with two attached hydrogens (primary N) is 1. The van der Waals surface area contributed by atoms with Crippen molar-refractivity contribution >= 4 is 0 Å². The lowest BCUT2D eigenvalue weighted by Gasteiger charge is -2.42. The minimum atomic E-state index is -1.13. The van der Waals surface area contributed by atoms with Gasteiger partial charge in [-0.25, -0.2) is 0 Å². The molecule has 1 saturated heterocycles. The molecule has 0 aromatic rings. The van der Waals surface area contributed by atoms with E-state index >= 15 is 0 Å². The van der Waals surface area contributed by atoms with Gasteiger partial charge in [0.15, 0.2) is 6.29 Å². The molecule has 2 rings (SSSR count). The maximum absolute atomic E-state index is 9.94. The Morgan fingerprint density at radius 3 is 2.26 bits per heavy atom. The molecule has 19 heavy (non-hydrogen) atoms. The van der Waals surface area contributed by atoms with Crippen molar-refractivity contribution in [2.24, 2.45) is 5.73 Å². The molecule has 0 bridgehead atoms. The third kappa shape index (κ3) is 3.43. The van der Waals surface area contributed by atoms with E-state index in [4.69, 9.17) is 20.3 Å². The van der Waals surface area contributed by atoms with E-state index in [2.05, 4.69) is 0 Å². The molecular formula is C12H23NO6. The summed E-state index contributed by atoms with van der Waals surface area (Å²) in [5.74, 6) is 0. The summed E-state index contributed by atoms with van der Waals surface area (Å²) in [6.45, 7) is -0.384. The van der Waals surface area contributed by atoms with Crippen molar-refractivity contribution in [3.63, 3.8) is 0 Å². The molecule has 6 N–H and O–H groups in total. The normalized spacial score (nSPS) is 48.2. The average Bonchev–Trinajstić information content (AvgIpc) is 2.42. The van der Waals surface area contributed by atoms with Gasteiger partial charge >= 0.3 is 0 Å². The Kier molecular flexibility index (Phi) is 5.13. The molecule has 2 fully saturated rings. The van der Waals surface area contributed by atoms with Gasteiger partial charge < -0.3 is 35.6 Å². The number of aliphatic hydroxyl groups excluding tert-OH is 4. The lowest BCUT2D eigenvalue weighted by atomic mass is 9.94. The first-order valence-electron chi connectivity index (χ1n) is 6.74. The fourth-order valence-corrected chi connectivity index (χ4v) is 2.60. The van der Waals surface area contributed by atoms with Gasteiger partial charge in [0, 0.05) is 0 Å². The smallest absolute Gasteiger partial charge is 0.185 e. The van der Waals surface area contributed by atoms with E-state index in [0.717, 1.165) is 0 Å². The van der Waals surface area contributed by atoms with Gasteiger partial charge in [0.05, 0.1) is 24.9 Å². The Balaban J connectivity index is 1.91. The van der Waals surface area contributed by atoms with E-state index in [0.29, 0.717) is 25.7 Å². The summed E-state index contributed by atoms with van der Waals surface area (Å²) < 4.78 is 11.0. The molecule has 1 aliphatic heterocycles. The predicted molar refractivity (Wildman–Crippen MR) is 65.1 cm³/mol.